The zero-order valence-corrected chi connectivity index (χ0v) is 14.6. The molecule has 0 saturated carbocycles. The van der Waals surface area contributed by atoms with Crippen LogP contribution in [0, 0.1) is 0 Å². The zero-order chi connectivity index (χ0) is 17.8. The number of rotatable bonds is 5. The minimum Gasteiger partial charge on any atom is -0.494 e. The number of carbonyl (C=O) groups is 2. The first-order chi connectivity index (χ1) is 12.1. The molecule has 2 amide bonds. The van der Waals surface area contributed by atoms with Crippen molar-refractivity contribution in [3.8, 4) is 5.75 Å². The third-order valence-corrected chi connectivity index (χ3v) is 4.40. The van der Waals surface area contributed by atoms with E-state index in [9.17, 15) is 9.59 Å². The second-order valence-corrected chi connectivity index (χ2v) is 6.12. The van der Waals surface area contributed by atoms with E-state index in [1.54, 1.807) is 41.3 Å². The summed E-state index contributed by atoms with van der Waals surface area (Å²) in [5, 5.41) is 3.32. The number of hydrogen-bond donors (Lipinski definition) is 1. The number of carbonyl (C=O) groups excluding carboxylic acids is 2. The first kappa shape index (κ1) is 17.3. The highest BCUT2D eigenvalue weighted by molar-refractivity contribution is 6.34. The molecule has 0 aromatic heterocycles. The normalized spacial score (nSPS) is 16.8. The molecular formula is C19H19ClN2O3. The van der Waals surface area contributed by atoms with Gasteiger partial charge in [0.2, 0.25) is 5.91 Å². The number of benzene rings is 2. The van der Waals surface area contributed by atoms with E-state index < -0.39 is 6.04 Å². The summed E-state index contributed by atoms with van der Waals surface area (Å²) in [5.74, 6) is 0.288. The molecule has 130 valence electrons. The second-order valence-electron chi connectivity index (χ2n) is 5.71. The van der Waals surface area contributed by atoms with Crippen molar-refractivity contribution in [3.05, 3.63) is 59.1 Å². The van der Waals surface area contributed by atoms with E-state index in [-0.39, 0.29) is 11.8 Å². The SMILES string of the molecule is CCOc1ccc(C(=O)NC2CCN(c3ccccc3Cl)C2=O)cc1. The molecule has 1 atom stereocenters. The number of nitrogens with one attached hydrogen (secondary N) is 1. The molecule has 1 fully saturated rings. The monoisotopic (exact) mass is 358 g/mol. The lowest BCUT2D eigenvalue weighted by Gasteiger charge is -2.18. The van der Waals surface area contributed by atoms with Gasteiger partial charge in [0, 0.05) is 12.1 Å². The molecular weight excluding hydrogens is 340 g/mol. The Morgan fingerprint density at radius 2 is 1.96 bits per heavy atom. The molecule has 1 unspecified atom stereocenters. The smallest absolute Gasteiger partial charge is 0.251 e. The highest BCUT2D eigenvalue weighted by Crippen LogP contribution is 2.29. The molecule has 0 spiro atoms. The highest BCUT2D eigenvalue weighted by Gasteiger charge is 2.34. The summed E-state index contributed by atoms with van der Waals surface area (Å²) in [5.41, 5.74) is 1.17. The van der Waals surface area contributed by atoms with Crippen LogP contribution in [0.15, 0.2) is 48.5 Å². The predicted octanol–water partition coefficient (Wildman–Crippen LogP) is 3.27. The standard InChI is InChI=1S/C19H19ClN2O3/c1-2-25-14-9-7-13(8-10-14)18(23)21-16-11-12-22(19(16)24)17-6-4-3-5-15(17)20/h3-10,16H,2,11-12H2,1H3,(H,21,23). The summed E-state index contributed by atoms with van der Waals surface area (Å²) in [6.45, 7) is 2.99. The Bertz CT molecular complexity index is 776. The molecule has 1 heterocycles. The zero-order valence-electron chi connectivity index (χ0n) is 13.9. The molecule has 0 bridgehead atoms. The summed E-state index contributed by atoms with van der Waals surface area (Å²) in [6.07, 6.45) is 0.548. The fraction of sp³-hybridized carbons (Fsp3) is 0.263. The van der Waals surface area contributed by atoms with Crippen LogP contribution in [0.1, 0.15) is 23.7 Å². The number of ether oxygens (including phenoxy) is 1. The van der Waals surface area contributed by atoms with Crippen molar-refractivity contribution >= 4 is 29.1 Å². The molecule has 0 aliphatic carbocycles. The van der Waals surface area contributed by atoms with Gasteiger partial charge in [0.15, 0.2) is 0 Å². The number of para-hydroxylation sites is 1. The van der Waals surface area contributed by atoms with E-state index in [1.165, 1.54) is 0 Å². The third-order valence-electron chi connectivity index (χ3n) is 4.08. The maximum Gasteiger partial charge on any atom is 0.251 e. The fourth-order valence-corrected chi connectivity index (χ4v) is 3.07. The molecule has 0 radical (unpaired) electrons. The molecule has 2 aromatic carbocycles. The topological polar surface area (TPSA) is 58.6 Å². The van der Waals surface area contributed by atoms with E-state index in [4.69, 9.17) is 16.3 Å². The molecule has 6 heteroatoms. The van der Waals surface area contributed by atoms with Crippen LogP contribution in [0.3, 0.4) is 0 Å². The number of amides is 2. The molecule has 1 aliphatic heterocycles. The average molecular weight is 359 g/mol. The van der Waals surface area contributed by atoms with Gasteiger partial charge >= 0.3 is 0 Å². The second kappa shape index (κ2) is 7.57. The van der Waals surface area contributed by atoms with E-state index in [2.05, 4.69) is 5.32 Å². The van der Waals surface area contributed by atoms with Gasteiger partial charge in [0.05, 0.1) is 17.3 Å². The third kappa shape index (κ3) is 3.77. The van der Waals surface area contributed by atoms with Crippen LogP contribution in [0.2, 0.25) is 5.02 Å². The maximum absolute atomic E-state index is 12.6. The van der Waals surface area contributed by atoms with Gasteiger partial charge in [-0.15, -0.1) is 0 Å². The first-order valence-corrected chi connectivity index (χ1v) is 8.57. The van der Waals surface area contributed by atoms with E-state index in [0.717, 1.165) is 0 Å². The maximum atomic E-state index is 12.6. The van der Waals surface area contributed by atoms with Gasteiger partial charge in [-0.1, -0.05) is 23.7 Å². The van der Waals surface area contributed by atoms with Gasteiger partial charge in [0.1, 0.15) is 11.8 Å². The highest BCUT2D eigenvalue weighted by atomic mass is 35.5. The van der Waals surface area contributed by atoms with Crippen molar-refractivity contribution in [2.24, 2.45) is 0 Å². The van der Waals surface area contributed by atoms with Gasteiger partial charge in [-0.25, -0.2) is 0 Å². The van der Waals surface area contributed by atoms with Gasteiger partial charge in [-0.05, 0) is 49.7 Å². The molecule has 3 rings (SSSR count). The Hall–Kier alpha value is -2.53. The van der Waals surface area contributed by atoms with E-state index in [1.807, 2.05) is 19.1 Å². The van der Waals surface area contributed by atoms with Crippen LogP contribution >= 0.6 is 11.6 Å². The summed E-state index contributed by atoms with van der Waals surface area (Å²) >= 11 is 6.17. The molecule has 1 N–H and O–H groups in total. The first-order valence-electron chi connectivity index (χ1n) is 8.19. The Morgan fingerprint density at radius 1 is 1.24 bits per heavy atom. The van der Waals surface area contributed by atoms with Crippen molar-refractivity contribution in [3.63, 3.8) is 0 Å². The van der Waals surface area contributed by atoms with Crippen molar-refractivity contribution in [2.75, 3.05) is 18.1 Å². The van der Waals surface area contributed by atoms with Crippen LogP contribution in [0.5, 0.6) is 5.75 Å². The van der Waals surface area contributed by atoms with Crippen LogP contribution in [0.4, 0.5) is 5.69 Å². The largest absolute Gasteiger partial charge is 0.494 e. The van der Waals surface area contributed by atoms with Crippen LogP contribution < -0.4 is 15.0 Å². The number of nitrogens with zero attached hydrogens (tertiary/aromatic N) is 1. The number of anilines is 1. The van der Waals surface area contributed by atoms with E-state index >= 15 is 0 Å². The Labute approximate surface area is 151 Å². The summed E-state index contributed by atoms with van der Waals surface area (Å²) < 4.78 is 5.36. The Kier molecular flexibility index (Phi) is 5.24. The van der Waals surface area contributed by atoms with Crippen molar-refractivity contribution in [1.29, 1.82) is 0 Å². The van der Waals surface area contributed by atoms with E-state index in [0.29, 0.717) is 41.6 Å². The lowest BCUT2D eigenvalue weighted by molar-refractivity contribution is -0.118. The van der Waals surface area contributed by atoms with Crippen LogP contribution in [-0.2, 0) is 4.79 Å². The molecule has 1 aliphatic rings. The van der Waals surface area contributed by atoms with Gasteiger partial charge in [-0.3, -0.25) is 9.59 Å². The lowest BCUT2D eigenvalue weighted by Crippen LogP contribution is -2.41. The average Bonchev–Trinajstić information content (AvgIpc) is 2.97. The predicted molar refractivity (Wildman–Crippen MR) is 97.3 cm³/mol. The number of hydrogen-bond acceptors (Lipinski definition) is 3. The van der Waals surface area contributed by atoms with Gasteiger partial charge in [-0.2, -0.15) is 0 Å². The summed E-state index contributed by atoms with van der Waals surface area (Å²) in [6, 6.07) is 13.5. The quantitative estimate of drug-likeness (QED) is 0.892. The molecule has 1 saturated heterocycles. The minimum atomic E-state index is -0.546. The van der Waals surface area contributed by atoms with Crippen molar-refractivity contribution in [2.45, 2.75) is 19.4 Å². The Morgan fingerprint density at radius 3 is 2.64 bits per heavy atom. The molecule has 2 aromatic rings. The molecule has 25 heavy (non-hydrogen) atoms. The summed E-state index contributed by atoms with van der Waals surface area (Å²) in [7, 11) is 0. The Balaban J connectivity index is 1.66. The van der Waals surface area contributed by atoms with Crippen LogP contribution in [0.25, 0.3) is 0 Å². The van der Waals surface area contributed by atoms with Crippen molar-refractivity contribution < 1.29 is 14.3 Å². The number of halogens is 1. The summed E-state index contributed by atoms with van der Waals surface area (Å²) in [4.78, 5) is 26.6. The minimum absolute atomic E-state index is 0.146. The molecule has 5 nitrogen and oxygen atoms in total. The van der Waals surface area contributed by atoms with Crippen LogP contribution in [-0.4, -0.2) is 31.0 Å². The van der Waals surface area contributed by atoms with Gasteiger partial charge < -0.3 is 15.0 Å². The van der Waals surface area contributed by atoms with Crippen molar-refractivity contribution in [1.82, 2.24) is 5.32 Å². The fourth-order valence-electron chi connectivity index (χ4n) is 2.83. The lowest BCUT2D eigenvalue weighted by atomic mass is 10.1. The van der Waals surface area contributed by atoms with Gasteiger partial charge in [0.25, 0.3) is 5.91 Å².